The minimum Gasteiger partial charge on any atom is -0.481 e. The molecule has 33 heavy (non-hydrogen) atoms. The summed E-state index contributed by atoms with van der Waals surface area (Å²) in [7, 11) is 0. The van der Waals surface area contributed by atoms with Crippen LogP contribution in [0.4, 0.5) is 0 Å². The van der Waals surface area contributed by atoms with E-state index in [1.807, 2.05) is 0 Å². The second-order valence-corrected chi connectivity index (χ2v) is 8.08. The summed E-state index contributed by atoms with van der Waals surface area (Å²) < 4.78 is 0. The largest absolute Gasteiger partial charge is 0.481 e. The maximum Gasteiger partial charge on any atom is 0.325 e. The summed E-state index contributed by atoms with van der Waals surface area (Å²) in [6.45, 7) is 4.75. The second kappa shape index (κ2) is 13.2. The van der Waals surface area contributed by atoms with Gasteiger partial charge in [0.15, 0.2) is 0 Å². The maximum absolute atomic E-state index is 13.0. The quantitative estimate of drug-likeness (QED) is 0.228. The van der Waals surface area contributed by atoms with E-state index >= 15 is 0 Å². The van der Waals surface area contributed by atoms with Crippen molar-refractivity contribution in [1.82, 2.24) is 16.0 Å². The molecule has 0 saturated carbocycles. The molecule has 0 aliphatic heterocycles. The Bertz CT molecular complexity index is 844. The predicted molar refractivity (Wildman–Crippen MR) is 119 cm³/mol. The lowest BCUT2D eigenvalue weighted by Crippen LogP contribution is -2.57. The zero-order valence-electron chi connectivity index (χ0n) is 18.9. The van der Waals surface area contributed by atoms with Crippen LogP contribution in [-0.4, -0.2) is 64.0 Å². The van der Waals surface area contributed by atoms with Crippen LogP contribution in [0.2, 0.25) is 0 Å². The monoisotopic (exact) mass is 464 g/mol. The molecule has 3 amide bonds. The maximum atomic E-state index is 13.0. The van der Waals surface area contributed by atoms with Crippen molar-refractivity contribution in [3.63, 3.8) is 0 Å². The summed E-state index contributed by atoms with van der Waals surface area (Å²) in [5.74, 6) is -4.78. The van der Waals surface area contributed by atoms with Gasteiger partial charge >= 0.3 is 11.9 Å². The van der Waals surface area contributed by atoms with Gasteiger partial charge in [0.05, 0.1) is 6.04 Å². The van der Waals surface area contributed by atoms with Crippen molar-refractivity contribution in [2.24, 2.45) is 11.7 Å². The number of nitrogens with one attached hydrogen (secondary N) is 3. The fourth-order valence-electron chi connectivity index (χ4n) is 2.81. The highest BCUT2D eigenvalue weighted by Gasteiger charge is 2.30. The number of hydrogen-bond acceptors (Lipinski definition) is 6. The molecule has 0 heterocycles. The van der Waals surface area contributed by atoms with Crippen molar-refractivity contribution >= 4 is 29.7 Å². The third kappa shape index (κ3) is 9.69. The first-order valence-electron chi connectivity index (χ1n) is 10.6. The standard InChI is InChI=1S/C22H32N4O7/c1-12(2)18(23)21(31)26-16(11-14-7-5-4-6-8-14)20(30)25-15(9-10-17(27)28)19(29)24-13(3)22(32)33/h4-8,12-13,15-16,18H,9-11,23H2,1-3H3,(H,24,29)(H,25,30)(H,26,31)(H,27,28)(H,32,33). The number of carbonyl (C=O) groups excluding carboxylic acids is 3. The van der Waals surface area contributed by atoms with Gasteiger partial charge in [0.25, 0.3) is 0 Å². The van der Waals surface area contributed by atoms with Crippen LogP contribution in [0, 0.1) is 5.92 Å². The third-order valence-electron chi connectivity index (χ3n) is 4.95. The highest BCUT2D eigenvalue weighted by molar-refractivity contribution is 5.94. The van der Waals surface area contributed by atoms with Crippen molar-refractivity contribution in [3.8, 4) is 0 Å². The van der Waals surface area contributed by atoms with E-state index < -0.39 is 60.2 Å². The number of carbonyl (C=O) groups is 5. The second-order valence-electron chi connectivity index (χ2n) is 8.08. The molecule has 0 aromatic heterocycles. The van der Waals surface area contributed by atoms with E-state index in [1.54, 1.807) is 44.2 Å². The first kappa shape index (κ1) is 27.6. The summed E-state index contributed by atoms with van der Waals surface area (Å²) in [4.78, 5) is 60.1. The van der Waals surface area contributed by atoms with Crippen molar-refractivity contribution in [2.45, 2.75) is 64.2 Å². The third-order valence-corrected chi connectivity index (χ3v) is 4.95. The van der Waals surface area contributed by atoms with E-state index in [0.717, 1.165) is 5.56 Å². The highest BCUT2D eigenvalue weighted by atomic mass is 16.4. The molecule has 0 bridgehead atoms. The molecule has 7 N–H and O–H groups in total. The number of carboxylic acids is 2. The Morgan fingerprint density at radius 1 is 0.848 bits per heavy atom. The molecular weight excluding hydrogens is 432 g/mol. The molecule has 1 rings (SSSR count). The molecule has 11 heteroatoms. The molecule has 0 spiro atoms. The van der Waals surface area contributed by atoms with Crippen molar-refractivity contribution in [1.29, 1.82) is 0 Å². The Morgan fingerprint density at radius 3 is 1.91 bits per heavy atom. The van der Waals surface area contributed by atoms with Crippen LogP contribution in [-0.2, 0) is 30.4 Å². The van der Waals surface area contributed by atoms with Gasteiger partial charge in [-0.3, -0.25) is 24.0 Å². The molecule has 1 aromatic rings. The zero-order valence-corrected chi connectivity index (χ0v) is 18.9. The topological polar surface area (TPSA) is 188 Å². The first-order chi connectivity index (χ1) is 15.4. The number of hydrogen-bond donors (Lipinski definition) is 6. The van der Waals surface area contributed by atoms with E-state index in [4.69, 9.17) is 15.9 Å². The van der Waals surface area contributed by atoms with Crippen LogP contribution in [0.5, 0.6) is 0 Å². The van der Waals surface area contributed by atoms with Gasteiger partial charge in [0.1, 0.15) is 18.1 Å². The smallest absolute Gasteiger partial charge is 0.325 e. The molecule has 0 saturated heterocycles. The van der Waals surface area contributed by atoms with Crippen LogP contribution in [0.3, 0.4) is 0 Å². The Kier molecular flexibility index (Phi) is 11.0. The summed E-state index contributed by atoms with van der Waals surface area (Å²) in [5, 5.41) is 25.2. The fourth-order valence-corrected chi connectivity index (χ4v) is 2.81. The van der Waals surface area contributed by atoms with E-state index in [-0.39, 0.29) is 18.8 Å². The van der Waals surface area contributed by atoms with Gasteiger partial charge < -0.3 is 31.9 Å². The molecule has 182 valence electrons. The lowest BCUT2D eigenvalue weighted by molar-refractivity contribution is -0.142. The molecule has 0 fully saturated rings. The molecule has 0 aliphatic rings. The van der Waals surface area contributed by atoms with Gasteiger partial charge in [-0.2, -0.15) is 0 Å². The molecule has 1 aromatic carbocycles. The predicted octanol–water partition coefficient (Wildman–Crippen LogP) is -0.364. The van der Waals surface area contributed by atoms with Gasteiger partial charge in [-0.05, 0) is 24.8 Å². The van der Waals surface area contributed by atoms with Crippen LogP contribution in [0.25, 0.3) is 0 Å². The van der Waals surface area contributed by atoms with E-state index in [2.05, 4.69) is 16.0 Å². The van der Waals surface area contributed by atoms with Gasteiger partial charge in [0.2, 0.25) is 17.7 Å². The van der Waals surface area contributed by atoms with Crippen molar-refractivity contribution < 1.29 is 34.2 Å². The molecule has 4 atom stereocenters. The zero-order chi connectivity index (χ0) is 25.1. The normalized spacial score (nSPS) is 14.5. The number of nitrogens with two attached hydrogens (primary N) is 1. The first-order valence-corrected chi connectivity index (χ1v) is 10.6. The number of carboxylic acid groups (broad SMARTS) is 2. The summed E-state index contributed by atoms with van der Waals surface area (Å²) in [6, 6.07) is 4.33. The van der Waals surface area contributed by atoms with Crippen LogP contribution < -0.4 is 21.7 Å². The number of amides is 3. The van der Waals surface area contributed by atoms with Crippen molar-refractivity contribution in [3.05, 3.63) is 35.9 Å². The average Bonchev–Trinajstić information content (AvgIpc) is 2.75. The van der Waals surface area contributed by atoms with Gasteiger partial charge in [0, 0.05) is 12.8 Å². The summed E-state index contributed by atoms with van der Waals surface area (Å²) in [5.41, 5.74) is 6.62. The highest BCUT2D eigenvalue weighted by Crippen LogP contribution is 2.07. The Labute approximate surface area is 192 Å². The van der Waals surface area contributed by atoms with Crippen LogP contribution >= 0.6 is 0 Å². The number of rotatable bonds is 13. The van der Waals surface area contributed by atoms with Crippen molar-refractivity contribution in [2.75, 3.05) is 0 Å². The molecule has 0 aliphatic carbocycles. The lowest BCUT2D eigenvalue weighted by atomic mass is 10.0. The number of benzene rings is 1. The summed E-state index contributed by atoms with van der Waals surface area (Å²) in [6.07, 6.45) is -0.605. The van der Waals surface area contributed by atoms with Gasteiger partial charge in [-0.15, -0.1) is 0 Å². The minimum atomic E-state index is -1.32. The van der Waals surface area contributed by atoms with Crippen LogP contribution in [0.1, 0.15) is 39.2 Å². The van der Waals surface area contributed by atoms with Crippen LogP contribution in [0.15, 0.2) is 30.3 Å². The number of aliphatic carboxylic acids is 2. The molecular formula is C22H32N4O7. The Balaban J connectivity index is 3.07. The SMILES string of the molecule is CC(NC(=O)C(CCC(=O)O)NC(=O)C(Cc1ccccc1)NC(=O)C(N)C(C)C)C(=O)O. The average molecular weight is 465 g/mol. The van der Waals surface area contributed by atoms with E-state index in [0.29, 0.717) is 0 Å². The molecule has 11 nitrogen and oxygen atoms in total. The van der Waals surface area contributed by atoms with Gasteiger partial charge in [-0.25, -0.2) is 0 Å². The van der Waals surface area contributed by atoms with E-state index in [1.165, 1.54) is 6.92 Å². The molecule has 4 unspecified atom stereocenters. The minimum absolute atomic E-state index is 0.0992. The summed E-state index contributed by atoms with van der Waals surface area (Å²) >= 11 is 0. The van der Waals surface area contributed by atoms with Gasteiger partial charge in [-0.1, -0.05) is 44.2 Å². The lowest BCUT2D eigenvalue weighted by Gasteiger charge is -2.25. The fraction of sp³-hybridized carbons (Fsp3) is 0.500. The Morgan fingerprint density at radius 2 is 1.39 bits per heavy atom. The Hall–Kier alpha value is -3.47. The molecule has 0 radical (unpaired) electrons. The van der Waals surface area contributed by atoms with E-state index in [9.17, 15) is 24.0 Å².